The summed E-state index contributed by atoms with van der Waals surface area (Å²) in [4.78, 5) is 4.22. The van der Waals surface area contributed by atoms with Crippen LogP contribution in [0.25, 0.3) is 16.7 Å². The van der Waals surface area contributed by atoms with E-state index in [-0.39, 0.29) is 12.3 Å². The first kappa shape index (κ1) is 15.4. The van der Waals surface area contributed by atoms with Crippen molar-refractivity contribution >= 4 is 24.3 Å². The van der Waals surface area contributed by atoms with Gasteiger partial charge < -0.3 is 10.5 Å². The van der Waals surface area contributed by atoms with Crippen LogP contribution in [0.4, 0.5) is 13.2 Å². The number of alkyl halides is 3. The van der Waals surface area contributed by atoms with Crippen molar-refractivity contribution in [2.45, 2.75) is 12.9 Å². The number of hydrogen-bond acceptors (Lipinski definition) is 4. The summed E-state index contributed by atoms with van der Waals surface area (Å²) in [5.41, 5.74) is 7.70. The van der Waals surface area contributed by atoms with Crippen LogP contribution < -0.4 is 15.9 Å². The molecule has 0 atom stereocenters. The molecular formula is C14H10BF3N4O. The summed E-state index contributed by atoms with van der Waals surface area (Å²) in [7, 11) is 5.92. The van der Waals surface area contributed by atoms with Crippen molar-refractivity contribution in [2.24, 2.45) is 5.73 Å². The first-order valence-corrected chi connectivity index (χ1v) is 6.57. The van der Waals surface area contributed by atoms with Gasteiger partial charge in [0.05, 0.1) is 11.4 Å². The summed E-state index contributed by atoms with van der Waals surface area (Å²) in [5.74, 6) is -0.316. The smallest absolute Gasteiger partial charge is 0.406 e. The van der Waals surface area contributed by atoms with E-state index >= 15 is 0 Å². The second-order valence-corrected chi connectivity index (χ2v) is 4.70. The van der Waals surface area contributed by atoms with Gasteiger partial charge >= 0.3 is 6.36 Å². The fourth-order valence-corrected chi connectivity index (χ4v) is 2.25. The molecule has 3 aromatic rings. The third-order valence-corrected chi connectivity index (χ3v) is 3.18. The third-order valence-electron chi connectivity index (χ3n) is 3.18. The summed E-state index contributed by atoms with van der Waals surface area (Å²) in [6.45, 7) is 0.161. The average Bonchev–Trinajstić information content (AvgIpc) is 2.87. The zero-order chi connectivity index (χ0) is 16.6. The Balaban J connectivity index is 2.05. The molecule has 0 aliphatic carbocycles. The molecule has 0 saturated carbocycles. The molecule has 0 bridgehead atoms. The SMILES string of the molecule is [B]c1ccnc2c1c(CN)nn2-c1ccc(OC(F)(F)F)cc1. The van der Waals surface area contributed by atoms with Gasteiger partial charge in [0.2, 0.25) is 0 Å². The van der Waals surface area contributed by atoms with E-state index < -0.39 is 6.36 Å². The van der Waals surface area contributed by atoms with Gasteiger partial charge in [-0.15, -0.1) is 13.2 Å². The lowest BCUT2D eigenvalue weighted by atomic mass is 9.93. The largest absolute Gasteiger partial charge is 0.573 e. The lowest BCUT2D eigenvalue weighted by Gasteiger charge is -2.09. The molecule has 2 radical (unpaired) electrons. The Kier molecular flexibility index (Phi) is 3.73. The van der Waals surface area contributed by atoms with Gasteiger partial charge in [-0.25, -0.2) is 9.67 Å². The van der Waals surface area contributed by atoms with E-state index in [1.165, 1.54) is 35.1 Å². The number of rotatable bonds is 3. The van der Waals surface area contributed by atoms with Crippen molar-refractivity contribution in [3.8, 4) is 11.4 Å². The zero-order valence-electron chi connectivity index (χ0n) is 11.7. The predicted octanol–water partition coefficient (Wildman–Crippen LogP) is 1.57. The number of hydrogen-bond donors (Lipinski definition) is 1. The standard InChI is InChI=1S/C14H10BF3N4O/c15-10-5-6-20-13-12(10)11(7-19)21-22(13)8-1-3-9(4-2-8)23-14(16,17)18/h1-6H,7,19H2. The molecule has 0 fully saturated rings. The Morgan fingerprint density at radius 3 is 2.48 bits per heavy atom. The number of fused-ring (bicyclic) bond motifs is 1. The molecular weight excluding hydrogens is 308 g/mol. The van der Waals surface area contributed by atoms with Crippen molar-refractivity contribution in [1.29, 1.82) is 0 Å². The van der Waals surface area contributed by atoms with Crippen LogP contribution in [0, 0.1) is 0 Å². The molecule has 0 spiro atoms. The Morgan fingerprint density at radius 1 is 1.17 bits per heavy atom. The van der Waals surface area contributed by atoms with Crippen molar-refractivity contribution in [1.82, 2.24) is 14.8 Å². The minimum Gasteiger partial charge on any atom is -0.406 e. The minimum absolute atomic E-state index is 0.161. The van der Waals surface area contributed by atoms with Crippen LogP contribution in [-0.4, -0.2) is 29.0 Å². The number of nitrogens with two attached hydrogens (primary N) is 1. The van der Waals surface area contributed by atoms with Gasteiger partial charge in [-0.2, -0.15) is 5.10 Å². The number of aromatic nitrogens is 3. The number of ether oxygens (including phenoxy) is 1. The first-order chi connectivity index (χ1) is 10.9. The van der Waals surface area contributed by atoms with Crippen LogP contribution in [0.2, 0.25) is 0 Å². The molecule has 2 N–H and O–H groups in total. The average molecular weight is 318 g/mol. The Hall–Kier alpha value is -2.55. The summed E-state index contributed by atoms with van der Waals surface area (Å²) < 4.78 is 41.9. The zero-order valence-corrected chi connectivity index (χ0v) is 11.7. The van der Waals surface area contributed by atoms with E-state index in [9.17, 15) is 13.2 Å². The van der Waals surface area contributed by atoms with Gasteiger partial charge in [0.15, 0.2) is 5.65 Å². The highest BCUT2D eigenvalue weighted by Crippen LogP contribution is 2.25. The van der Waals surface area contributed by atoms with Crippen molar-refractivity contribution in [2.75, 3.05) is 0 Å². The fraction of sp³-hybridized carbons (Fsp3) is 0.143. The molecule has 23 heavy (non-hydrogen) atoms. The van der Waals surface area contributed by atoms with Gasteiger partial charge in [-0.05, 0) is 24.3 Å². The molecule has 0 aliphatic rings. The second kappa shape index (κ2) is 5.58. The molecule has 2 heterocycles. The van der Waals surface area contributed by atoms with Crippen LogP contribution in [0.1, 0.15) is 5.69 Å². The lowest BCUT2D eigenvalue weighted by Crippen LogP contribution is -2.17. The maximum Gasteiger partial charge on any atom is 0.573 e. The van der Waals surface area contributed by atoms with E-state index in [1.54, 1.807) is 6.07 Å². The molecule has 0 unspecified atom stereocenters. The molecule has 116 valence electrons. The van der Waals surface area contributed by atoms with Gasteiger partial charge in [0.25, 0.3) is 0 Å². The molecule has 0 aliphatic heterocycles. The van der Waals surface area contributed by atoms with Gasteiger partial charge in [-0.1, -0.05) is 11.5 Å². The minimum atomic E-state index is -4.73. The summed E-state index contributed by atoms with van der Waals surface area (Å²) in [6.07, 6.45) is -3.21. The molecule has 5 nitrogen and oxygen atoms in total. The van der Waals surface area contributed by atoms with Gasteiger partial charge in [0, 0.05) is 18.1 Å². The van der Waals surface area contributed by atoms with E-state index in [1.807, 2.05) is 0 Å². The Morgan fingerprint density at radius 2 is 1.87 bits per heavy atom. The monoisotopic (exact) mass is 318 g/mol. The van der Waals surface area contributed by atoms with E-state index in [2.05, 4.69) is 14.8 Å². The van der Waals surface area contributed by atoms with E-state index in [4.69, 9.17) is 13.6 Å². The second-order valence-electron chi connectivity index (χ2n) is 4.70. The van der Waals surface area contributed by atoms with Crippen molar-refractivity contribution in [3.63, 3.8) is 0 Å². The normalized spacial score (nSPS) is 11.8. The molecule has 0 saturated heterocycles. The van der Waals surface area contributed by atoms with Crippen LogP contribution in [0.15, 0.2) is 36.5 Å². The topological polar surface area (TPSA) is 66.0 Å². The molecule has 3 rings (SSSR count). The van der Waals surface area contributed by atoms with E-state index in [0.29, 0.717) is 27.9 Å². The highest BCUT2D eigenvalue weighted by atomic mass is 19.4. The molecule has 9 heteroatoms. The fourth-order valence-electron chi connectivity index (χ4n) is 2.25. The van der Waals surface area contributed by atoms with Crippen LogP contribution >= 0.6 is 0 Å². The lowest BCUT2D eigenvalue weighted by molar-refractivity contribution is -0.274. The van der Waals surface area contributed by atoms with Crippen LogP contribution in [0.5, 0.6) is 5.75 Å². The van der Waals surface area contributed by atoms with Crippen molar-refractivity contribution < 1.29 is 17.9 Å². The van der Waals surface area contributed by atoms with Gasteiger partial charge in [-0.3, -0.25) is 0 Å². The number of benzene rings is 1. The summed E-state index contributed by atoms with van der Waals surface area (Å²) in [5, 5.41) is 4.96. The van der Waals surface area contributed by atoms with Crippen LogP contribution in [-0.2, 0) is 6.54 Å². The summed E-state index contributed by atoms with van der Waals surface area (Å²) in [6, 6.07) is 6.92. The first-order valence-electron chi connectivity index (χ1n) is 6.57. The Bertz CT molecular complexity index is 846. The number of pyridine rings is 1. The van der Waals surface area contributed by atoms with E-state index in [0.717, 1.165) is 0 Å². The van der Waals surface area contributed by atoms with Crippen LogP contribution in [0.3, 0.4) is 0 Å². The van der Waals surface area contributed by atoms with Gasteiger partial charge in [0.1, 0.15) is 13.6 Å². The summed E-state index contributed by atoms with van der Waals surface area (Å²) >= 11 is 0. The Labute approximate surface area is 130 Å². The molecule has 1 aromatic carbocycles. The molecule has 2 aromatic heterocycles. The quantitative estimate of drug-likeness (QED) is 0.745. The molecule has 0 amide bonds. The number of nitrogens with zero attached hydrogens (tertiary/aromatic N) is 3. The van der Waals surface area contributed by atoms with Crippen molar-refractivity contribution in [3.05, 3.63) is 42.2 Å². The predicted molar refractivity (Wildman–Crippen MR) is 78.8 cm³/mol. The third kappa shape index (κ3) is 3.00. The highest BCUT2D eigenvalue weighted by molar-refractivity contribution is 6.38. The maximum absolute atomic E-state index is 12.2. The highest BCUT2D eigenvalue weighted by Gasteiger charge is 2.31. The maximum atomic E-state index is 12.2. The number of halogens is 3.